The van der Waals surface area contributed by atoms with Gasteiger partial charge in [0.15, 0.2) is 0 Å². The molecule has 1 aromatic carbocycles. The highest BCUT2D eigenvalue weighted by molar-refractivity contribution is 7.89. The van der Waals surface area contributed by atoms with Crippen molar-refractivity contribution in [2.24, 2.45) is 0 Å². The molecule has 0 aliphatic carbocycles. The third-order valence-electron chi connectivity index (χ3n) is 4.36. The molecule has 0 atom stereocenters. The van der Waals surface area contributed by atoms with Gasteiger partial charge in [-0.3, -0.25) is 9.36 Å². The molecule has 1 aliphatic rings. The van der Waals surface area contributed by atoms with Crippen LogP contribution < -0.4 is 4.87 Å². The minimum absolute atomic E-state index is 0.0971. The fraction of sp³-hybridized carbons (Fsp3) is 0.500. The lowest BCUT2D eigenvalue weighted by Gasteiger charge is -2.33. The monoisotopic (exact) mass is 399 g/mol. The maximum atomic E-state index is 12.9. The molecule has 2 aromatic rings. The lowest BCUT2D eigenvalue weighted by atomic mass is 10.3. The number of amides is 1. The van der Waals surface area contributed by atoms with E-state index in [-0.39, 0.29) is 29.5 Å². The number of piperazine rings is 1. The van der Waals surface area contributed by atoms with E-state index < -0.39 is 16.1 Å². The van der Waals surface area contributed by atoms with Gasteiger partial charge in [-0.25, -0.2) is 13.2 Å². The van der Waals surface area contributed by atoms with Gasteiger partial charge in [-0.1, -0.05) is 11.3 Å². The number of carbonyl (C=O) groups excluding carboxylic acids is 1. The minimum atomic E-state index is -3.68. The average molecular weight is 399 g/mol. The zero-order valence-electron chi connectivity index (χ0n) is 14.7. The van der Waals surface area contributed by atoms with Gasteiger partial charge in [0.2, 0.25) is 10.0 Å². The molecule has 1 aromatic heterocycles. The number of fused-ring (bicyclic) bond motifs is 1. The van der Waals surface area contributed by atoms with Crippen LogP contribution in [0.15, 0.2) is 27.9 Å². The smallest absolute Gasteiger partial charge is 0.409 e. The molecule has 26 heavy (non-hydrogen) atoms. The Morgan fingerprint density at radius 2 is 1.88 bits per heavy atom. The molecule has 1 fully saturated rings. The molecule has 0 radical (unpaired) electrons. The van der Waals surface area contributed by atoms with Gasteiger partial charge in [-0.15, -0.1) is 0 Å². The molecular weight excluding hydrogens is 378 g/mol. The van der Waals surface area contributed by atoms with Crippen LogP contribution >= 0.6 is 11.3 Å². The molecular formula is C16H21N3O5S2. The third-order valence-corrected chi connectivity index (χ3v) is 7.19. The van der Waals surface area contributed by atoms with Crippen LogP contribution in [0.5, 0.6) is 0 Å². The van der Waals surface area contributed by atoms with E-state index in [9.17, 15) is 18.0 Å². The number of hydrogen-bond donors (Lipinski definition) is 0. The highest BCUT2D eigenvalue weighted by Crippen LogP contribution is 2.24. The number of rotatable bonds is 4. The first kappa shape index (κ1) is 18.9. The summed E-state index contributed by atoms with van der Waals surface area (Å²) in [4.78, 5) is 25.3. The lowest BCUT2D eigenvalue weighted by molar-refractivity contribution is 0.0934. The first-order chi connectivity index (χ1) is 12.4. The summed E-state index contributed by atoms with van der Waals surface area (Å²) in [5, 5.41) is 0. The maximum absolute atomic E-state index is 12.9. The van der Waals surface area contributed by atoms with Gasteiger partial charge in [0, 0.05) is 32.7 Å². The van der Waals surface area contributed by atoms with Gasteiger partial charge >= 0.3 is 11.0 Å². The van der Waals surface area contributed by atoms with Gasteiger partial charge in [-0.2, -0.15) is 4.31 Å². The predicted molar refractivity (Wildman–Crippen MR) is 99.1 cm³/mol. The second-order valence-corrected chi connectivity index (χ2v) is 8.76. The lowest BCUT2D eigenvalue weighted by Crippen LogP contribution is -2.50. The number of sulfonamides is 1. The van der Waals surface area contributed by atoms with E-state index in [1.54, 1.807) is 23.6 Å². The van der Waals surface area contributed by atoms with Crippen LogP contribution in [0.1, 0.15) is 13.8 Å². The standard InChI is InChI=1S/C16H21N3O5S2/c1-3-19-13-6-5-12(11-14(13)25-16(19)21)26(22,23)18-9-7-17(8-10-18)15(20)24-4-2/h5-6,11H,3-4,7-10H2,1-2H3. The van der Waals surface area contributed by atoms with E-state index in [0.717, 1.165) is 16.9 Å². The Labute approximate surface area is 155 Å². The summed E-state index contributed by atoms with van der Waals surface area (Å²) in [6, 6.07) is 4.77. The van der Waals surface area contributed by atoms with Crippen molar-refractivity contribution in [1.29, 1.82) is 0 Å². The van der Waals surface area contributed by atoms with Crippen molar-refractivity contribution in [3.63, 3.8) is 0 Å². The Hall–Kier alpha value is -1.91. The molecule has 1 amide bonds. The summed E-state index contributed by atoms with van der Waals surface area (Å²) in [5.41, 5.74) is 0.744. The molecule has 1 aliphatic heterocycles. The van der Waals surface area contributed by atoms with Gasteiger partial charge < -0.3 is 9.64 Å². The molecule has 0 N–H and O–H groups in total. The van der Waals surface area contributed by atoms with Gasteiger partial charge in [0.05, 0.1) is 21.7 Å². The zero-order chi connectivity index (χ0) is 18.9. The molecule has 0 spiro atoms. The summed E-state index contributed by atoms with van der Waals surface area (Å²) in [5.74, 6) is 0. The van der Waals surface area contributed by atoms with Crippen LogP contribution in [0.25, 0.3) is 10.2 Å². The van der Waals surface area contributed by atoms with E-state index in [4.69, 9.17) is 4.74 Å². The van der Waals surface area contributed by atoms with E-state index >= 15 is 0 Å². The molecule has 0 unspecified atom stereocenters. The van der Waals surface area contributed by atoms with Crippen molar-refractivity contribution in [1.82, 2.24) is 13.8 Å². The molecule has 1 saturated heterocycles. The fourth-order valence-corrected chi connectivity index (χ4v) is 5.50. The Balaban J connectivity index is 1.82. The fourth-order valence-electron chi connectivity index (χ4n) is 2.98. The number of thiazole rings is 1. The Kier molecular flexibility index (Phi) is 5.35. The van der Waals surface area contributed by atoms with E-state index in [1.807, 2.05) is 6.92 Å². The largest absolute Gasteiger partial charge is 0.450 e. The highest BCUT2D eigenvalue weighted by Gasteiger charge is 2.31. The number of aromatic nitrogens is 1. The van der Waals surface area contributed by atoms with Crippen molar-refractivity contribution in [3.05, 3.63) is 27.9 Å². The van der Waals surface area contributed by atoms with Crippen molar-refractivity contribution in [2.45, 2.75) is 25.3 Å². The van der Waals surface area contributed by atoms with E-state index in [2.05, 4.69) is 0 Å². The van der Waals surface area contributed by atoms with Crippen molar-refractivity contribution in [2.75, 3.05) is 32.8 Å². The van der Waals surface area contributed by atoms with E-state index in [0.29, 0.717) is 24.3 Å². The molecule has 3 rings (SSSR count). The van der Waals surface area contributed by atoms with Gasteiger partial charge in [-0.05, 0) is 32.0 Å². The summed E-state index contributed by atoms with van der Waals surface area (Å²) in [6.07, 6.45) is -0.420. The minimum Gasteiger partial charge on any atom is -0.450 e. The summed E-state index contributed by atoms with van der Waals surface area (Å²) >= 11 is 1.05. The number of hydrogen-bond acceptors (Lipinski definition) is 6. The van der Waals surface area contributed by atoms with E-state index in [1.165, 1.54) is 15.3 Å². The van der Waals surface area contributed by atoms with Crippen molar-refractivity contribution >= 4 is 37.7 Å². The second-order valence-electron chi connectivity index (χ2n) is 5.83. The third kappa shape index (κ3) is 3.36. The Bertz CT molecular complexity index is 971. The number of benzene rings is 1. The first-order valence-electron chi connectivity index (χ1n) is 8.43. The summed E-state index contributed by atoms with van der Waals surface area (Å²) < 4.78 is 34.4. The summed E-state index contributed by atoms with van der Waals surface area (Å²) in [7, 11) is -3.68. The predicted octanol–water partition coefficient (Wildman–Crippen LogP) is 1.55. The van der Waals surface area contributed by atoms with Crippen molar-refractivity contribution in [3.8, 4) is 0 Å². The number of aryl methyl sites for hydroxylation is 1. The van der Waals surface area contributed by atoms with Crippen LogP contribution in [0, 0.1) is 0 Å². The highest BCUT2D eigenvalue weighted by atomic mass is 32.2. The molecule has 142 valence electrons. The van der Waals surface area contributed by atoms with Crippen LogP contribution in [0.2, 0.25) is 0 Å². The first-order valence-corrected chi connectivity index (χ1v) is 10.7. The molecule has 0 saturated carbocycles. The number of ether oxygens (including phenoxy) is 1. The normalized spacial score (nSPS) is 16.2. The topological polar surface area (TPSA) is 88.9 Å². The van der Waals surface area contributed by atoms with Gasteiger partial charge in [0.25, 0.3) is 0 Å². The van der Waals surface area contributed by atoms with Crippen LogP contribution in [0.3, 0.4) is 0 Å². The molecule has 2 heterocycles. The zero-order valence-corrected chi connectivity index (χ0v) is 16.3. The van der Waals surface area contributed by atoms with Crippen LogP contribution in [0.4, 0.5) is 4.79 Å². The van der Waals surface area contributed by atoms with Gasteiger partial charge in [0.1, 0.15) is 0 Å². The molecule has 10 heteroatoms. The Morgan fingerprint density at radius 3 is 2.50 bits per heavy atom. The quantitative estimate of drug-likeness (QED) is 0.778. The number of nitrogens with zero attached hydrogens (tertiary/aromatic N) is 3. The average Bonchev–Trinajstić information content (AvgIpc) is 2.96. The summed E-state index contributed by atoms with van der Waals surface area (Å²) in [6.45, 7) is 5.45. The number of carbonyl (C=O) groups is 1. The molecule has 8 nitrogen and oxygen atoms in total. The Morgan fingerprint density at radius 1 is 1.19 bits per heavy atom. The van der Waals surface area contributed by atoms with Crippen LogP contribution in [-0.2, 0) is 21.3 Å². The second kappa shape index (κ2) is 7.37. The van der Waals surface area contributed by atoms with Crippen LogP contribution in [-0.4, -0.2) is 61.1 Å². The SMILES string of the molecule is CCOC(=O)N1CCN(S(=O)(=O)c2ccc3c(c2)sc(=O)n3CC)CC1. The molecule has 0 bridgehead atoms. The maximum Gasteiger partial charge on any atom is 0.409 e. The van der Waals surface area contributed by atoms with Crippen molar-refractivity contribution < 1.29 is 17.9 Å².